The Morgan fingerprint density at radius 3 is 2.79 bits per heavy atom. The Labute approximate surface area is 92.9 Å². The number of benzene rings is 1. The summed E-state index contributed by atoms with van der Waals surface area (Å²) < 4.78 is 0. The quantitative estimate of drug-likeness (QED) is 0.553. The molecule has 0 bridgehead atoms. The largest absolute Gasteiger partial charge is 0.192 e. The monoisotopic (exact) mass is 247 g/mol. The van der Waals surface area contributed by atoms with E-state index >= 15 is 0 Å². The number of hydrogen-bond donors (Lipinski definition) is 0. The third kappa shape index (κ3) is 2.91. The highest BCUT2D eigenvalue weighted by molar-refractivity contribution is 9.09. The van der Waals surface area contributed by atoms with E-state index in [1.165, 1.54) is 0 Å². The SMILES string of the molecule is Cc1cc(C#N)ccc1C#CCCBr. The van der Waals surface area contributed by atoms with Crippen LogP contribution in [0, 0.1) is 30.1 Å². The van der Waals surface area contributed by atoms with Gasteiger partial charge in [-0.05, 0) is 30.7 Å². The van der Waals surface area contributed by atoms with Crippen molar-refractivity contribution in [3.05, 3.63) is 34.9 Å². The fourth-order valence-corrected chi connectivity index (χ4v) is 1.28. The highest BCUT2D eigenvalue weighted by Crippen LogP contribution is 2.09. The molecule has 1 rings (SSSR count). The van der Waals surface area contributed by atoms with Crippen LogP contribution in [-0.2, 0) is 0 Å². The van der Waals surface area contributed by atoms with Gasteiger partial charge in [-0.2, -0.15) is 5.26 Å². The van der Waals surface area contributed by atoms with Crippen LogP contribution in [0.15, 0.2) is 18.2 Å². The van der Waals surface area contributed by atoms with Gasteiger partial charge in [0.05, 0.1) is 11.6 Å². The topological polar surface area (TPSA) is 23.8 Å². The molecule has 0 saturated carbocycles. The molecule has 0 N–H and O–H groups in total. The van der Waals surface area contributed by atoms with Crippen molar-refractivity contribution >= 4 is 15.9 Å². The van der Waals surface area contributed by atoms with Gasteiger partial charge < -0.3 is 0 Å². The smallest absolute Gasteiger partial charge is 0.0991 e. The maximum atomic E-state index is 8.67. The molecular weight excluding hydrogens is 238 g/mol. The number of aryl methyl sites for hydroxylation is 1. The van der Waals surface area contributed by atoms with Crippen LogP contribution in [-0.4, -0.2) is 5.33 Å². The van der Waals surface area contributed by atoms with Crippen molar-refractivity contribution < 1.29 is 0 Å². The highest BCUT2D eigenvalue weighted by atomic mass is 79.9. The van der Waals surface area contributed by atoms with Crippen molar-refractivity contribution in [3.63, 3.8) is 0 Å². The molecule has 14 heavy (non-hydrogen) atoms. The molecule has 0 saturated heterocycles. The average molecular weight is 248 g/mol. The lowest BCUT2D eigenvalue weighted by Crippen LogP contribution is -1.84. The third-order valence-corrected chi connectivity index (χ3v) is 2.19. The zero-order chi connectivity index (χ0) is 10.4. The third-order valence-electron chi connectivity index (χ3n) is 1.80. The fraction of sp³-hybridized carbons (Fsp3) is 0.250. The number of rotatable bonds is 1. The number of nitriles is 1. The number of nitrogens with zero attached hydrogens (tertiary/aromatic N) is 1. The first-order valence-electron chi connectivity index (χ1n) is 4.33. The van der Waals surface area contributed by atoms with Crippen LogP contribution in [0.5, 0.6) is 0 Å². The van der Waals surface area contributed by atoms with E-state index in [1.54, 1.807) is 6.07 Å². The first-order chi connectivity index (χ1) is 6.77. The molecule has 0 aromatic heterocycles. The van der Waals surface area contributed by atoms with E-state index in [4.69, 9.17) is 5.26 Å². The van der Waals surface area contributed by atoms with Crippen molar-refractivity contribution in [1.29, 1.82) is 5.26 Å². The Hall–Kier alpha value is -1.25. The van der Waals surface area contributed by atoms with Gasteiger partial charge >= 0.3 is 0 Å². The summed E-state index contributed by atoms with van der Waals surface area (Å²) in [6.45, 7) is 1.97. The molecule has 1 nitrogen and oxygen atoms in total. The van der Waals surface area contributed by atoms with Crippen molar-refractivity contribution in [2.45, 2.75) is 13.3 Å². The van der Waals surface area contributed by atoms with Crippen LogP contribution in [0.3, 0.4) is 0 Å². The predicted molar refractivity (Wildman–Crippen MR) is 61.2 cm³/mol. The normalized spacial score (nSPS) is 8.64. The summed E-state index contributed by atoms with van der Waals surface area (Å²) in [5.41, 5.74) is 2.75. The van der Waals surface area contributed by atoms with Gasteiger partial charge in [-0.1, -0.05) is 27.8 Å². The van der Waals surface area contributed by atoms with E-state index < -0.39 is 0 Å². The molecule has 0 spiro atoms. The van der Waals surface area contributed by atoms with Gasteiger partial charge in [0, 0.05) is 17.3 Å². The zero-order valence-electron chi connectivity index (χ0n) is 7.97. The summed E-state index contributed by atoms with van der Waals surface area (Å²) in [5.74, 6) is 6.13. The Morgan fingerprint density at radius 2 is 2.21 bits per heavy atom. The molecule has 0 heterocycles. The molecule has 0 aliphatic carbocycles. The summed E-state index contributed by atoms with van der Waals surface area (Å²) in [5, 5.41) is 9.57. The minimum Gasteiger partial charge on any atom is -0.192 e. The van der Waals surface area contributed by atoms with Gasteiger partial charge in [0.15, 0.2) is 0 Å². The number of hydrogen-bond acceptors (Lipinski definition) is 1. The van der Waals surface area contributed by atoms with Crippen LogP contribution >= 0.6 is 15.9 Å². The Kier molecular flexibility index (Phi) is 4.23. The lowest BCUT2D eigenvalue weighted by atomic mass is 10.1. The van der Waals surface area contributed by atoms with E-state index in [9.17, 15) is 0 Å². The molecule has 70 valence electrons. The lowest BCUT2D eigenvalue weighted by Gasteiger charge is -1.97. The molecule has 0 radical (unpaired) electrons. The first kappa shape index (κ1) is 10.8. The van der Waals surface area contributed by atoms with Crippen molar-refractivity contribution in [2.24, 2.45) is 0 Å². The van der Waals surface area contributed by atoms with Crippen LogP contribution < -0.4 is 0 Å². The van der Waals surface area contributed by atoms with Gasteiger partial charge in [0.25, 0.3) is 0 Å². The molecule has 0 aliphatic heterocycles. The molecule has 0 unspecified atom stereocenters. The Bertz CT molecular complexity index is 418. The minimum absolute atomic E-state index is 0.688. The summed E-state index contributed by atoms with van der Waals surface area (Å²) in [4.78, 5) is 0. The molecule has 0 fully saturated rings. The van der Waals surface area contributed by atoms with E-state index in [-0.39, 0.29) is 0 Å². The van der Waals surface area contributed by atoms with Gasteiger partial charge in [0.1, 0.15) is 0 Å². The maximum absolute atomic E-state index is 8.67. The molecule has 1 aromatic rings. The van der Waals surface area contributed by atoms with Crippen molar-refractivity contribution in [3.8, 4) is 17.9 Å². The maximum Gasteiger partial charge on any atom is 0.0991 e. The second-order valence-electron chi connectivity index (χ2n) is 2.88. The molecule has 0 aliphatic rings. The minimum atomic E-state index is 0.688. The van der Waals surface area contributed by atoms with E-state index in [2.05, 4.69) is 33.8 Å². The molecule has 1 aromatic carbocycles. The second kappa shape index (κ2) is 5.47. The Balaban J connectivity index is 2.92. The standard InChI is InChI=1S/C12H10BrN/c1-10-8-11(9-14)5-6-12(10)4-2-3-7-13/h5-6,8H,3,7H2,1H3. The van der Waals surface area contributed by atoms with Crippen molar-refractivity contribution in [1.82, 2.24) is 0 Å². The summed E-state index contributed by atoms with van der Waals surface area (Å²) in [6, 6.07) is 7.66. The van der Waals surface area contributed by atoms with E-state index in [0.29, 0.717) is 5.56 Å². The van der Waals surface area contributed by atoms with Crippen molar-refractivity contribution in [2.75, 3.05) is 5.33 Å². The van der Waals surface area contributed by atoms with Gasteiger partial charge in [-0.25, -0.2) is 0 Å². The summed E-state index contributed by atoms with van der Waals surface area (Å²) in [7, 11) is 0. The van der Waals surface area contributed by atoms with Gasteiger partial charge in [-0.3, -0.25) is 0 Å². The van der Waals surface area contributed by atoms with Gasteiger partial charge in [0.2, 0.25) is 0 Å². The molecule has 0 amide bonds. The highest BCUT2D eigenvalue weighted by Gasteiger charge is 1.95. The fourth-order valence-electron chi connectivity index (χ4n) is 1.08. The predicted octanol–water partition coefficient (Wildman–Crippen LogP) is 3.00. The number of alkyl halides is 1. The zero-order valence-corrected chi connectivity index (χ0v) is 9.56. The van der Waals surface area contributed by atoms with E-state index in [1.807, 2.05) is 19.1 Å². The average Bonchev–Trinajstić information content (AvgIpc) is 2.20. The molecular formula is C12H10BrN. The molecule has 0 atom stereocenters. The van der Waals surface area contributed by atoms with E-state index in [0.717, 1.165) is 22.9 Å². The molecule has 2 heteroatoms. The first-order valence-corrected chi connectivity index (χ1v) is 5.45. The van der Waals surface area contributed by atoms with Gasteiger partial charge in [-0.15, -0.1) is 0 Å². The Morgan fingerprint density at radius 1 is 1.43 bits per heavy atom. The van der Waals surface area contributed by atoms with Crippen LogP contribution in [0.25, 0.3) is 0 Å². The number of halogens is 1. The van der Waals surface area contributed by atoms with Crippen LogP contribution in [0.1, 0.15) is 23.1 Å². The summed E-state index contributed by atoms with van der Waals surface area (Å²) >= 11 is 3.32. The second-order valence-corrected chi connectivity index (χ2v) is 3.68. The summed E-state index contributed by atoms with van der Waals surface area (Å²) in [6.07, 6.45) is 0.847. The van der Waals surface area contributed by atoms with Crippen LogP contribution in [0.4, 0.5) is 0 Å². The lowest BCUT2D eigenvalue weighted by molar-refractivity contribution is 1.31. The van der Waals surface area contributed by atoms with Crippen LogP contribution in [0.2, 0.25) is 0 Å².